The predicted molar refractivity (Wildman–Crippen MR) is 72.3 cm³/mol. The van der Waals surface area contributed by atoms with Gasteiger partial charge in [0.25, 0.3) is 0 Å². The fraction of sp³-hybridized carbons (Fsp3) is 0.0833. The number of hydrogen-bond acceptors (Lipinski definition) is 4. The van der Waals surface area contributed by atoms with Gasteiger partial charge in [-0.3, -0.25) is 10.1 Å². The zero-order valence-corrected chi connectivity index (χ0v) is 11.5. The Labute approximate surface area is 120 Å². The lowest BCUT2D eigenvalue weighted by molar-refractivity contribution is -0.385. The summed E-state index contributed by atoms with van der Waals surface area (Å²) < 4.78 is 26.1. The number of aromatic nitrogens is 1. The average Bonchev–Trinajstić information content (AvgIpc) is 2.39. The number of anilines is 1. The Kier molecular flexibility index (Phi) is 4.23. The maximum Gasteiger partial charge on any atom is 0.325 e. The molecule has 0 spiro atoms. The molecule has 104 valence electrons. The maximum atomic E-state index is 13.0. The molecule has 0 aliphatic heterocycles. The van der Waals surface area contributed by atoms with Gasteiger partial charge >= 0.3 is 5.69 Å². The minimum atomic E-state index is -0.971. The van der Waals surface area contributed by atoms with Crippen molar-refractivity contribution in [1.82, 2.24) is 4.98 Å². The van der Waals surface area contributed by atoms with Gasteiger partial charge < -0.3 is 5.32 Å². The first-order valence-corrected chi connectivity index (χ1v) is 6.25. The van der Waals surface area contributed by atoms with Crippen LogP contribution in [-0.2, 0) is 6.54 Å². The van der Waals surface area contributed by atoms with Crippen molar-refractivity contribution in [1.29, 1.82) is 0 Å². The van der Waals surface area contributed by atoms with Crippen molar-refractivity contribution in [2.45, 2.75) is 6.54 Å². The fourth-order valence-electron chi connectivity index (χ4n) is 1.57. The molecule has 0 aliphatic carbocycles. The Hall–Kier alpha value is -2.09. The lowest BCUT2D eigenvalue weighted by atomic mass is 10.2. The van der Waals surface area contributed by atoms with Crippen molar-refractivity contribution in [3.05, 3.63) is 62.2 Å². The standard InChI is InChI=1S/C12H8BrF2N3O2/c13-8-3-4-16-12(11(8)18(19)20)17-6-7-1-2-9(14)10(15)5-7/h1-5H,6H2,(H,16,17). The molecule has 1 aromatic carbocycles. The molecule has 0 saturated carbocycles. The summed E-state index contributed by atoms with van der Waals surface area (Å²) in [5.41, 5.74) is 0.232. The molecule has 20 heavy (non-hydrogen) atoms. The SMILES string of the molecule is O=[N+]([O-])c1c(Br)ccnc1NCc1ccc(F)c(F)c1. The predicted octanol–water partition coefficient (Wildman–Crippen LogP) is 3.64. The molecule has 0 amide bonds. The minimum Gasteiger partial charge on any atom is -0.360 e. The van der Waals surface area contributed by atoms with Crippen LogP contribution in [0, 0.1) is 21.7 Å². The third-order valence-electron chi connectivity index (χ3n) is 2.50. The van der Waals surface area contributed by atoms with Gasteiger partial charge in [-0.1, -0.05) is 6.07 Å². The number of halogens is 3. The summed E-state index contributed by atoms with van der Waals surface area (Å²) in [7, 11) is 0. The largest absolute Gasteiger partial charge is 0.360 e. The molecule has 0 aliphatic rings. The summed E-state index contributed by atoms with van der Waals surface area (Å²) in [6, 6.07) is 4.84. The van der Waals surface area contributed by atoms with E-state index in [1.807, 2.05) is 0 Å². The van der Waals surface area contributed by atoms with Gasteiger partial charge in [-0.25, -0.2) is 13.8 Å². The van der Waals surface area contributed by atoms with Gasteiger partial charge in [0.2, 0.25) is 5.82 Å². The Balaban J connectivity index is 2.21. The van der Waals surface area contributed by atoms with Crippen LogP contribution >= 0.6 is 15.9 Å². The smallest absolute Gasteiger partial charge is 0.325 e. The molecule has 0 bridgehead atoms. The molecule has 0 saturated heterocycles. The van der Waals surface area contributed by atoms with Crippen molar-refractivity contribution in [2.24, 2.45) is 0 Å². The number of nitrogens with zero attached hydrogens (tertiary/aromatic N) is 2. The van der Waals surface area contributed by atoms with Crippen LogP contribution in [0.3, 0.4) is 0 Å². The number of benzene rings is 1. The van der Waals surface area contributed by atoms with Crippen LogP contribution in [0.5, 0.6) is 0 Å². The maximum absolute atomic E-state index is 13.0. The molecule has 2 aromatic rings. The fourth-order valence-corrected chi connectivity index (χ4v) is 2.02. The first-order valence-electron chi connectivity index (χ1n) is 5.45. The van der Waals surface area contributed by atoms with E-state index in [0.717, 1.165) is 12.1 Å². The lowest BCUT2D eigenvalue weighted by Crippen LogP contribution is -2.05. The van der Waals surface area contributed by atoms with Gasteiger partial charge in [-0.05, 0) is 39.7 Å². The van der Waals surface area contributed by atoms with Crippen LogP contribution in [0.4, 0.5) is 20.3 Å². The van der Waals surface area contributed by atoms with Gasteiger partial charge in [0.1, 0.15) is 4.47 Å². The first kappa shape index (κ1) is 14.3. The zero-order valence-electron chi connectivity index (χ0n) is 9.94. The molecular weight excluding hydrogens is 336 g/mol. The molecule has 8 heteroatoms. The highest BCUT2D eigenvalue weighted by atomic mass is 79.9. The minimum absolute atomic E-state index is 0.0501. The molecule has 0 atom stereocenters. The van der Waals surface area contributed by atoms with Gasteiger partial charge in [0, 0.05) is 12.7 Å². The van der Waals surface area contributed by atoms with E-state index in [1.54, 1.807) is 0 Å². The summed E-state index contributed by atoms with van der Waals surface area (Å²) in [5, 5.41) is 13.7. The monoisotopic (exact) mass is 343 g/mol. The van der Waals surface area contributed by atoms with E-state index in [0.29, 0.717) is 5.56 Å². The van der Waals surface area contributed by atoms with Crippen LogP contribution in [0.2, 0.25) is 0 Å². The van der Waals surface area contributed by atoms with E-state index in [4.69, 9.17) is 0 Å². The molecule has 1 N–H and O–H groups in total. The zero-order chi connectivity index (χ0) is 14.7. The van der Waals surface area contributed by atoms with E-state index in [-0.39, 0.29) is 22.5 Å². The second kappa shape index (κ2) is 5.91. The number of hydrogen-bond donors (Lipinski definition) is 1. The Morgan fingerprint density at radius 3 is 2.70 bits per heavy atom. The van der Waals surface area contributed by atoms with Crippen LogP contribution < -0.4 is 5.32 Å². The van der Waals surface area contributed by atoms with Crippen molar-refractivity contribution in [2.75, 3.05) is 5.32 Å². The van der Waals surface area contributed by atoms with Crippen LogP contribution in [-0.4, -0.2) is 9.91 Å². The number of pyridine rings is 1. The van der Waals surface area contributed by atoms with E-state index in [1.165, 1.54) is 18.3 Å². The first-order chi connectivity index (χ1) is 9.49. The Morgan fingerprint density at radius 1 is 1.30 bits per heavy atom. The van der Waals surface area contributed by atoms with Crippen LogP contribution in [0.15, 0.2) is 34.9 Å². The summed E-state index contributed by atoms with van der Waals surface area (Å²) >= 11 is 3.06. The highest BCUT2D eigenvalue weighted by molar-refractivity contribution is 9.10. The number of rotatable bonds is 4. The normalized spacial score (nSPS) is 10.3. The van der Waals surface area contributed by atoms with Crippen LogP contribution in [0.1, 0.15) is 5.56 Å². The van der Waals surface area contributed by atoms with Gasteiger partial charge in [0.15, 0.2) is 11.6 Å². The second-order valence-corrected chi connectivity index (χ2v) is 4.70. The summed E-state index contributed by atoms with van der Waals surface area (Å²) in [5.74, 6) is -1.87. The Morgan fingerprint density at radius 2 is 2.05 bits per heavy atom. The summed E-state index contributed by atoms with van der Waals surface area (Å²) in [6.07, 6.45) is 1.39. The summed E-state index contributed by atoms with van der Waals surface area (Å²) in [6.45, 7) is 0.0848. The number of nitro groups is 1. The van der Waals surface area contributed by atoms with Crippen molar-refractivity contribution in [3.63, 3.8) is 0 Å². The summed E-state index contributed by atoms with van der Waals surface area (Å²) in [4.78, 5) is 14.2. The molecule has 0 radical (unpaired) electrons. The molecule has 1 heterocycles. The average molecular weight is 344 g/mol. The third-order valence-corrected chi connectivity index (χ3v) is 3.14. The van der Waals surface area contributed by atoms with Crippen LogP contribution in [0.25, 0.3) is 0 Å². The number of nitrogens with one attached hydrogen (secondary N) is 1. The van der Waals surface area contributed by atoms with E-state index in [9.17, 15) is 18.9 Å². The molecule has 0 fully saturated rings. The third kappa shape index (κ3) is 3.08. The molecule has 0 unspecified atom stereocenters. The molecule has 5 nitrogen and oxygen atoms in total. The van der Waals surface area contributed by atoms with E-state index in [2.05, 4.69) is 26.2 Å². The Bertz CT molecular complexity index is 667. The van der Waals surface area contributed by atoms with Gasteiger partial charge in [-0.2, -0.15) is 0 Å². The van der Waals surface area contributed by atoms with Crippen molar-refractivity contribution < 1.29 is 13.7 Å². The highest BCUT2D eigenvalue weighted by Crippen LogP contribution is 2.30. The molecule has 1 aromatic heterocycles. The molecule has 2 rings (SSSR count). The second-order valence-electron chi connectivity index (χ2n) is 3.85. The lowest BCUT2D eigenvalue weighted by Gasteiger charge is -2.07. The molecular formula is C12H8BrF2N3O2. The highest BCUT2D eigenvalue weighted by Gasteiger charge is 2.19. The van der Waals surface area contributed by atoms with Gasteiger partial charge in [-0.15, -0.1) is 0 Å². The van der Waals surface area contributed by atoms with Crippen molar-refractivity contribution >= 4 is 27.4 Å². The van der Waals surface area contributed by atoms with E-state index >= 15 is 0 Å². The topological polar surface area (TPSA) is 68.1 Å². The van der Waals surface area contributed by atoms with Crippen molar-refractivity contribution in [3.8, 4) is 0 Å². The quantitative estimate of drug-likeness (QED) is 0.679. The van der Waals surface area contributed by atoms with E-state index < -0.39 is 16.6 Å². The van der Waals surface area contributed by atoms with Gasteiger partial charge in [0.05, 0.1) is 4.92 Å².